The van der Waals surface area contributed by atoms with E-state index in [0.29, 0.717) is 0 Å². The van der Waals surface area contributed by atoms with E-state index in [-0.39, 0.29) is 0 Å². The van der Waals surface area contributed by atoms with Crippen LogP contribution in [-0.2, 0) is 0 Å². The van der Waals surface area contributed by atoms with E-state index in [2.05, 4.69) is 80.4 Å². The maximum absolute atomic E-state index is 2.40. The van der Waals surface area contributed by atoms with E-state index < -0.39 is 39.5 Å². The standard InChI is InChI=1S/2C6H5.4CH3.2Sn/c2*1-2-4-6-5-3-1;;;;;;/h2*1-5H;4*1H3;;. The Morgan fingerprint density at radius 3 is 1.17 bits per heavy atom. The van der Waals surface area contributed by atoms with Gasteiger partial charge < -0.3 is 0 Å². The summed E-state index contributed by atoms with van der Waals surface area (Å²) in [7, 11) is 0. The summed E-state index contributed by atoms with van der Waals surface area (Å²) < 4.78 is 3.08. The van der Waals surface area contributed by atoms with Gasteiger partial charge in [0.25, 0.3) is 0 Å². The fraction of sp³-hybridized carbons (Fsp3) is 0.250. The first-order valence-corrected chi connectivity index (χ1v) is 20.6. The summed E-state index contributed by atoms with van der Waals surface area (Å²) in [5, 5.41) is 0. The van der Waals surface area contributed by atoms with E-state index in [1.165, 1.54) is 7.16 Å². The molecule has 0 amide bonds. The molecule has 0 aliphatic carbocycles. The van der Waals surface area contributed by atoms with Gasteiger partial charge in [-0.25, -0.2) is 0 Å². The van der Waals surface area contributed by atoms with Gasteiger partial charge in [0.2, 0.25) is 0 Å². The molecule has 0 saturated heterocycles. The minimum absolute atomic E-state index is 0.517. The Morgan fingerprint density at radius 1 is 0.611 bits per heavy atom. The monoisotopic (exact) mass is 454 g/mol. The fourth-order valence-electron chi connectivity index (χ4n) is 1.21. The molecule has 2 heteroatoms. The van der Waals surface area contributed by atoms with Gasteiger partial charge in [0.05, 0.1) is 0 Å². The van der Waals surface area contributed by atoms with Crippen molar-refractivity contribution in [1.82, 2.24) is 0 Å². The zero-order valence-corrected chi connectivity index (χ0v) is 17.5. The van der Waals surface area contributed by atoms with Gasteiger partial charge in [-0.1, -0.05) is 0 Å². The van der Waals surface area contributed by atoms with Crippen LogP contribution in [-0.4, -0.2) is 39.5 Å². The van der Waals surface area contributed by atoms with Crippen LogP contribution >= 0.6 is 0 Å². The van der Waals surface area contributed by atoms with Gasteiger partial charge in [-0.15, -0.1) is 0 Å². The van der Waals surface area contributed by atoms with Crippen LogP contribution in [0.25, 0.3) is 0 Å². The molecular weight excluding hydrogens is 430 g/mol. The molecule has 0 aromatic heterocycles. The van der Waals surface area contributed by atoms with E-state index in [1.54, 1.807) is 0 Å². The first-order chi connectivity index (χ1) is 8.45. The van der Waals surface area contributed by atoms with Gasteiger partial charge in [-0.05, 0) is 0 Å². The molecular formula is C16H22Sn2. The van der Waals surface area contributed by atoms with Crippen LogP contribution in [0.5, 0.6) is 0 Å². The van der Waals surface area contributed by atoms with Crippen LogP contribution in [0.1, 0.15) is 0 Å². The topological polar surface area (TPSA) is 0 Å². The molecule has 0 bridgehead atoms. The molecule has 2 radical (unpaired) electrons. The maximum atomic E-state index is 2.40. The SMILES string of the molecule is [CH3][Sn]([CH3])([CH3])[CH3].c1cc[c]([Sn][c]2ccccc2)cc1. The van der Waals surface area contributed by atoms with Crippen molar-refractivity contribution >= 4 is 46.7 Å². The number of benzene rings is 2. The molecule has 0 atom stereocenters. The quantitative estimate of drug-likeness (QED) is 0.615. The predicted molar refractivity (Wildman–Crippen MR) is 87.1 cm³/mol. The normalized spacial score (nSPS) is 10.4. The number of hydrogen-bond donors (Lipinski definition) is 0. The summed E-state index contributed by atoms with van der Waals surface area (Å²) >= 11 is -1.70. The van der Waals surface area contributed by atoms with E-state index >= 15 is 0 Å². The molecule has 0 aliphatic heterocycles. The van der Waals surface area contributed by atoms with Crippen molar-refractivity contribution in [2.24, 2.45) is 0 Å². The first kappa shape index (κ1) is 16.1. The molecule has 2 rings (SSSR count). The van der Waals surface area contributed by atoms with Crippen LogP contribution in [0.4, 0.5) is 0 Å². The van der Waals surface area contributed by atoms with Gasteiger partial charge in [0.1, 0.15) is 0 Å². The van der Waals surface area contributed by atoms with Gasteiger partial charge in [-0.3, -0.25) is 0 Å². The summed E-state index contributed by atoms with van der Waals surface area (Å²) in [4.78, 5) is 9.59. The Balaban J connectivity index is 0.000000280. The molecule has 0 unspecified atom stereocenters. The zero-order valence-electron chi connectivity index (χ0n) is 11.8. The molecule has 2 aromatic carbocycles. The summed E-state index contributed by atoms with van der Waals surface area (Å²) in [5.41, 5.74) is 0. The summed E-state index contributed by atoms with van der Waals surface area (Å²) in [6.45, 7) is 0. The second-order valence-corrected chi connectivity index (χ2v) is 27.0. The van der Waals surface area contributed by atoms with Crippen LogP contribution in [0.3, 0.4) is 0 Å². The van der Waals surface area contributed by atoms with E-state index in [0.717, 1.165) is 0 Å². The summed E-state index contributed by atoms with van der Waals surface area (Å²) in [6, 6.07) is 21.6. The van der Waals surface area contributed by atoms with Crippen LogP contribution < -0.4 is 7.16 Å². The van der Waals surface area contributed by atoms with E-state index in [9.17, 15) is 0 Å². The van der Waals surface area contributed by atoms with Gasteiger partial charge in [0, 0.05) is 0 Å². The molecule has 0 saturated carbocycles. The molecule has 2 aromatic rings. The summed E-state index contributed by atoms with van der Waals surface area (Å²) in [6.07, 6.45) is 0. The fourth-order valence-corrected chi connectivity index (χ4v) is 4.21. The molecule has 0 aliphatic rings. The Morgan fingerprint density at radius 2 is 0.889 bits per heavy atom. The van der Waals surface area contributed by atoms with Crippen molar-refractivity contribution < 1.29 is 0 Å². The van der Waals surface area contributed by atoms with E-state index in [1.807, 2.05) is 0 Å². The second kappa shape index (κ2) is 8.26. The molecule has 0 heterocycles. The Bertz CT molecular complexity index is 386. The van der Waals surface area contributed by atoms with Crippen molar-refractivity contribution in [2.75, 3.05) is 0 Å². The molecule has 0 nitrogen and oxygen atoms in total. The van der Waals surface area contributed by atoms with Crippen molar-refractivity contribution in [2.45, 2.75) is 19.8 Å². The summed E-state index contributed by atoms with van der Waals surface area (Å²) in [5.74, 6) is 0. The van der Waals surface area contributed by atoms with Crippen molar-refractivity contribution in [3.8, 4) is 0 Å². The van der Waals surface area contributed by atoms with Crippen LogP contribution in [0.2, 0.25) is 19.8 Å². The Kier molecular flexibility index (Phi) is 7.38. The van der Waals surface area contributed by atoms with Crippen LogP contribution in [0.15, 0.2) is 60.7 Å². The van der Waals surface area contributed by atoms with Crippen molar-refractivity contribution in [3.63, 3.8) is 0 Å². The molecule has 18 heavy (non-hydrogen) atoms. The Labute approximate surface area is 126 Å². The number of hydrogen-bond acceptors (Lipinski definition) is 0. The number of rotatable bonds is 2. The second-order valence-electron chi connectivity index (χ2n) is 5.86. The predicted octanol–water partition coefficient (Wildman–Crippen LogP) is 3.30. The molecule has 0 spiro atoms. The van der Waals surface area contributed by atoms with E-state index in [4.69, 9.17) is 0 Å². The molecule has 0 N–H and O–H groups in total. The molecule has 0 fully saturated rings. The van der Waals surface area contributed by atoms with Gasteiger partial charge >= 0.3 is 127 Å². The molecule has 94 valence electrons. The van der Waals surface area contributed by atoms with Gasteiger partial charge in [-0.2, -0.15) is 0 Å². The van der Waals surface area contributed by atoms with Crippen molar-refractivity contribution in [3.05, 3.63) is 60.7 Å². The Hall–Kier alpha value is 0.0374. The third-order valence-corrected chi connectivity index (χ3v) is 5.39. The van der Waals surface area contributed by atoms with Crippen LogP contribution in [0, 0.1) is 0 Å². The third kappa shape index (κ3) is 9.03. The van der Waals surface area contributed by atoms with Crippen molar-refractivity contribution in [1.29, 1.82) is 0 Å². The zero-order chi connectivity index (χ0) is 13.4. The minimum atomic E-state index is -1.18. The third-order valence-electron chi connectivity index (χ3n) is 1.84. The average Bonchev–Trinajstić information content (AvgIpc) is 2.29. The van der Waals surface area contributed by atoms with Gasteiger partial charge in [0.15, 0.2) is 0 Å². The first-order valence-electron chi connectivity index (χ1n) is 6.32. The average molecular weight is 452 g/mol.